The second-order valence-corrected chi connectivity index (χ2v) is 5.42. The SMILES string of the molecule is O=c1c2ccc(Cl)cc2cc2n1CCCS2. The molecule has 0 N–H and O–H groups in total. The molecule has 1 aliphatic heterocycles. The van der Waals surface area contributed by atoms with E-state index in [1.807, 2.05) is 16.7 Å². The average molecular weight is 252 g/mol. The van der Waals surface area contributed by atoms with Gasteiger partial charge in [0.2, 0.25) is 0 Å². The first-order chi connectivity index (χ1) is 7.75. The molecule has 16 heavy (non-hydrogen) atoms. The molecule has 0 saturated heterocycles. The number of nitrogens with zero attached hydrogens (tertiary/aromatic N) is 1. The van der Waals surface area contributed by atoms with Crippen molar-refractivity contribution in [2.24, 2.45) is 0 Å². The zero-order valence-corrected chi connectivity index (χ0v) is 10.1. The number of aromatic nitrogens is 1. The predicted octanol–water partition coefficient (Wildman–Crippen LogP) is 3.15. The Balaban J connectivity index is 2.39. The van der Waals surface area contributed by atoms with Crippen molar-refractivity contribution in [2.45, 2.75) is 18.0 Å². The van der Waals surface area contributed by atoms with Crippen LogP contribution in [0.25, 0.3) is 10.8 Å². The minimum Gasteiger partial charge on any atom is -0.303 e. The van der Waals surface area contributed by atoms with Gasteiger partial charge in [-0.25, -0.2) is 0 Å². The highest BCUT2D eigenvalue weighted by Crippen LogP contribution is 2.27. The van der Waals surface area contributed by atoms with E-state index in [2.05, 4.69) is 6.07 Å². The molecule has 0 saturated carbocycles. The summed E-state index contributed by atoms with van der Waals surface area (Å²) in [5.74, 6) is 1.09. The Labute approximate surface area is 102 Å². The van der Waals surface area contributed by atoms with Crippen LogP contribution in [0.2, 0.25) is 5.02 Å². The predicted molar refractivity (Wildman–Crippen MR) is 68.6 cm³/mol. The first kappa shape index (κ1) is 10.2. The van der Waals surface area contributed by atoms with Crippen LogP contribution in [0.1, 0.15) is 6.42 Å². The van der Waals surface area contributed by atoms with Crippen LogP contribution >= 0.6 is 23.4 Å². The van der Waals surface area contributed by atoms with E-state index in [0.29, 0.717) is 5.02 Å². The largest absolute Gasteiger partial charge is 0.303 e. The van der Waals surface area contributed by atoms with Gasteiger partial charge in [-0.05, 0) is 36.1 Å². The zero-order valence-electron chi connectivity index (χ0n) is 8.57. The van der Waals surface area contributed by atoms with Crippen molar-refractivity contribution in [1.82, 2.24) is 4.57 Å². The molecule has 0 fully saturated rings. The van der Waals surface area contributed by atoms with Crippen molar-refractivity contribution in [3.05, 3.63) is 39.6 Å². The van der Waals surface area contributed by atoms with Crippen molar-refractivity contribution in [1.29, 1.82) is 0 Å². The summed E-state index contributed by atoms with van der Waals surface area (Å²) in [6.07, 6.45) is 1.07. The van der Waals surface area contributed by atoms with E-state index in [4.69, 9.17) is 11.6 Å². The standard InChI is InChI=1S/C12H10ClNOS/c13-9-2-3-10-8(6-9)7-11-14(12(10)15)4-1-5-16-11/h2-3,6-7H,1,4-5H2. The highest BCUT2D eigenvalue weighted by molar-refractivity contribution is 7.99. The van der Waals surface area contributed by atoms with Crippen molar-refractivity contribution < 1.29 is 0 Å². The molecule has 2 aromatic rings. The van der Waals surface area contributed by atoms with Crippen LogP contribution in [0.4, 0.5) is 0 Å². The van der Waals surface area contributed by atoms with Crippen molar-refractivity contribution in [3.8, 4) is 0 Å². The lowest BCUT2D eigenvalue weighted by molar-refractivity contribution is 0.596. The van der Waals surface area contributed by atoms with Crippen LogP contribution in [-0.2, 0) is 6.54 Å². The summed E-state index contributed by atoms with van der Waals surface area (Å²) >= 11 is 7.68. The van der Waals surface area contributed by atoms with Gasteiger partial charge in [-0.15, -0.1) is 11.8 Å². The Morgan fingerprint density at radius 2 is 2.19 bits per heavy atom. The molecule has 2 heterocycles. The van der Waals surface area contributed by atoms with Crippen LogP contribution in [-0.4, -0.2) is 10.3 Å². The summed E-state index contributed by atoms with van der Waals surface area (Å²) in [6, 6.07) is 7.50. The van der Waals surface area contributed by atoms with Crippen molar-refractivity contribution in [3.63, 3.8) is 0 Å². The van der Waals surface area contributed by atoms with E-state index < -0.39 is 0 Å². The number of rotatable bonds is 0. The summed E-state index contributed by atoms with van der Waals surface area (Å²) in [4.78, 5) is 12.2. The van der Waals surface area contributed by atoms with E-state index in [1.54, 1.807) is 17.8 Å². The molecule has 0 radical (unpaired) electrons. The third-order valence-electron chi connectivity index (χ3n) is 2.81. The quantitative estimate of drug-likeness (QED) is 0.718. The molecule has 0 amide bonds. The lowest BCUT2D eigenvalue weighted by Crippen LogP contribution is -2.24. The molecule has 0 bridgehead atoms. The summed E-state index contributed by atoms with van der Waals surface area (Å²) in [5.41, 5.74) is 0.108. The van der Waals surface area contributed by atoms with E-state index in [1.165, 1.54) is 0 Å². The van der Waals surface area contributed by atoms with Crippen molar-refractivity contribution >= 4 is 34.1 Å². The molecule has 0 unspecified atom stereocenters. The number of pyridine rings is 1. The van der Waals surface area contributed by atoms with Crippen LogP contribution < -0.4 is 5.56 Å². The highest BCUT2D eigenvalue weighted by atomic mass is 35.5. The number of fused-ring (bicyclic) bond motifs is 2. The molecule has 1 aromatic heterocycles. The topological polar surface area (TPSA) is 22.0 Å². The number of hydrogen-bond donors (Lipinski definition) is 0. The zero-order chi connectivity index (χ0) is 11.1. The van der Waals surface area contributed by atoms with Gasteiger partial charge in [0, 0.05) is 22.7 Å². The Bertz CT molecular complexity index is 620. The molecule has 82 valence electrons. The van der Waals surface area contributed by atoms with E-state index in [9.17, 15) is 4.79 Å². The summed E-state index contributed by atoms with van der Waals surface area (Å²) < 4.78 is 1.87. The molecule has 0 spiro atoms. The van der Waals surface area contributed by atoms with E-state index in [0.717, 1.165) is 34.5 Å². The van der Waals surface area contributed by atoms with Gasteiger partial charge >= 0.3 is 0 Å². The Morgan fingerprint density at radius 1 is 1.31 bits per heavy atom. The van der Waals surface area contributed by atoms with Gasteiger partial charge in [-0.3, -0.25) is 4.79 Å². The maximum absolute atomic E-state index is 12.2. The third kappa shape index (κ3) is 1.55. The average Bonchev–Trinajstić information content (AvgIpc) is 2.29. The lowest BCUT2D eigenvalue weighted by atomic mass is 10.2. The third-order valence-corrected chi connectivity index (χ3v) is 4.17. The van der Waals surface area contributed by atoms with Gasteiger partial charge in [0.25, 0.3) is 5.56 Å². The van der Waals surface area contributed by atoms with Gasteiger partial charge < -0.3 is 4.57 Å². The first-order valence-corrected chi connectivity index (χ1v) is 6.58. The minimum absolute atomic E-state index is 0.108. The monoisotopic (exact) mass is 251 g/mol. The molecule has 1 aromatic carbocycles. The van der Waals surface area contributed by atoms with Crippen LogP contribution in [0.5, 0.6) is 0 Å². The fourth-order valence-corrected chi connectivity index (χ4v) is 3.24. The Morgan fingerprint density at radius 3 is 3.06 bits per heavy atom. The second kappa shape index (κ2) is 3.82. The molecular formula is C12H10ClNOS. The van der Waals surface area contributed by atoms with Gasteiger partial charge in [0.05, 0.1) is 5.03 Å². The van der Waals surface area contributed by atoms with Gasteiger partial charge in [0.1, 0.15) is 0 Å². The maximum Gasteiger partial charge on any atom is 0.259 e. The molecule has 1 aliphatic rings. The molecule has 4 heteroatoms. The summed E-state index contributed by atoms with van der Waals surface area (Å²) in [7, 11) is 0. The maximum atomic E-state index is 12.2. The molecule has 0 aliphatic carbocycles. The first-order valence-electron chi connectivity index (χ1n) is 5.21. The molecule has 2 nitrogen and oxygen atoms in total. The smallest absolute Gasteiger partial charge is 0.259 e. The van der Waals surface area contributed by atoms with E-state index >= 15 is 0 Å². The van der Waals surface area contributed by atoms with Crippen LogP contribution in [0.15, 0.2) is 34.1 Å². The lowest BCUT2D eigenvalue weighted by Gasteiger charge is -2.18. The van der Waals surface area contributed by atoms with Crippen molar-refractivity contribution in [2.75, 3.05) is 5.75 Å². The van der Waals surface area contributed by atoms with Crippen LogP contribution in [0, 0.1) is 0 Å². The summed E-state index contributed by atoms with van der Waals surface area (Å²) in [5, 5.41) is 3.44. The molecular weight excluding hydrogens is 242 g/mol. The fraction of sp³-hybridized carbons (Fsp3) is 0.250. The van der Waals surface area contributed by atoms with Crippen LogP contribution in [0.3, 0.4) is 0 Å². The number of hydrogen-bond acceptors (Lipinski definition) is 2. The highest BCUT2D eigenvalue weighted by Gasteiger charge is 2.13. The summed E-state index contributed by atoms with van der Waals surface area (Å²) in [6.45, 7) is 0.833. The normalized spacial score (nSPS) is 15.1. The minimum atomic E-state index is 0.108. The Hall–Kier alpha value is -0.930. The second-order valence-electron chi connectivity index (χ2n) is 3.87. The van der Waals surface area contributed by atoms with Gasteiger partial charge in [0.15, 0.2) is 0 Å². The number of benzene rings is 1. The molecule has 3 rings (SSSR count). The number of thioether (sulfide) groups is 1. The van der Waals surface area contributed by atoms with Gasteiger partial charge in [-0.2, -0.15) is 0 Å². The number of halogens is 1. The van der Waals surface area contributed by atoms with E-state index in [-0.39, 0.29) is 5.56 Å². The molecule has 0 atom stereocenters. The fourth-order valence-electron chi connectivity index (χ4n) is 2.03. The van der Waals surface area contributed by atoms with Gasteiger partial charge in [-0.1, -0.05) is 11.6 Å². The Kier molecular flexibility index (Phi) is 2.45.